The van der Waals surface area contributed by atoms with Gasteiger partial charge in [-0.15, -0.1) is 12.4 Å². The summed E-state index contributed by atoms with van der Waals surface area (Å²) in [5, 5.41) is 3.42. The minimum absolute atomic E-state index is 0. The van der Waals surface area contributed by atoms with E-state index in [0.29, 0.717) is 0 Å². The van der Waals surface area contributed by atoms with Crippen molar-refractivity contribution >= 4 is 12.4 Å². The van der Waals surface area contributed by atoms with Crippen LogP contribution in [0.25, 0.3) is 0 Å². The zero-order valence-electron chi connectivity index (χ0n) is 6.73. The van der Waals surface area contributed by atoms with Gasteiger partial charge in [0, 0.05) is 0 Å². The molecule has 1 heterocycles. The Morgan fingerprint density at radius 2 is 2.30 bits per heavy atom. The van der Waals surface area contributed by atoms with E-state index in [0.717, 1.165) is 5.92 Å². The van der Waals surface area contributed by atoms with Crippen molar-refractivity contribution in [3.8, 4) is 0 Å². The predicted molar refractivity (Wildman–Crippen MR) is 47.7 cm³/mol. The highest BCUT2D eigenvalue weighted by atomic mass is 35.5. The summed E-state index contributed by atoms with van der Waals surface area (Å²) in [5.74, 6) is 0.990. The SMILES string of the molecule is CCC[C@@H]1CCCNC1.Cl. The van der Waals surface area contributed by atoms with Crippen molar-refractivity contribution in [1.82, 2.24) is 5.32 Å². The van der Waals surface area contributed by atoms with Gasteiger partial charge in [-0.1, -0.05) is 13.3 Å². The van der Waals surface area contributed by atoms with Crippen LogP contribution in [0.15, 0.2) is 0 Å². The Labute approximate surface area is 70.0 Å². The second-order valence-corrected chi connectivity index (χ2v) is 3.00. The van der Waals surface area contributed by atoms with Crippen molar-refractivity contribution in [2.45, 2.75) is 32.6 Å². The van der Waals surface area contributed by atoms with Gasteiger partial charge in [0.05, 0.1) is 0 Å². The predicted octanol–water partition coefficient (Wildman–Crippen LogP) is 2.21. The molecule has 0 aromatic heterocycles. The van der Waals surface area contributed by atoms with Crippen LogP contribution >= 0.6 is 12.4 Å². The molecular weight excluding hydrogens is 146 g/mol. The van der Waals surface area contributed by atoms with Gasteiger partial charge < -0.3 is 5.32 Å². The van der Waals surface area contributed by atoms with Crippen molar-refractivity contribution in [3.63, 3.8) is 0 Å². The second-order valence-electron chi connectivity index (χ2n) is 3.00. The van der Waals surface area contributed by atoms with E-state index in [2.05, 4.69) is 12.2 Å². The summed E-state index contributed by atoms with van der Waals surface area (Å²) in [6, 6.07) is 0. The lowest BCUT2D eigenvalue weighted by molar-refractivity contribution is 0.355. The average molecular weight is 164 g/mol. The fourth-order valence-electron chi connectivity index (χ4n) is 1.58. The van der Waals surface area contributed by atoms with Gasteiger partial charge in [0.25, 0.3) is 0 Å². The summed E-state index contributed by atoms with van der Waals surface area (Å²) in [7, 11) is 0. The third kappa shape index (κ3) is 3.43. The number of hydrogen-bond donors (Lipinski definition) is 1. The van der Waals surface area contributed by atoms with Crippen LogP contribution in [0, 0.1) is 5.92 Å². The van der Waals surface area contributed by atoms with E-state index < -0.39 is 0 Å². The van der Waals surface area contributed by atoms with E-state index in [4.69, 9.17) is 0 Å². The second kappa shape index (κ2) is 5.99. The fourth-order valence-corrected chi connectivity index (χ4v) is 1.58. The third-order valence-electron chi connectivity index (χ3n) is 2.10. The van der Waals surface area contributed by atoms with Crippen molar-refractivity contribution < 1.29 is 0 Å². The van der Waals surface area contributed by atoms with Crippen LogP contribution < -0.4 is 5.32 Å². The molecule has 1 aliphatic rings. The number of nitrogens with one attached hydrogen (secondary N) is 1. The molecule has 1 aliphatic heterocycles. The minimum atomic E-state index is 0. The van der Waals surface area contributed by atoms with E-state index in [1.807, 2.05) is 0 Å². The largest absolute Gasteiger partial charge is 0.316 e. The fraction of sp³-hybridized carbons (Fsp3) is 1.00. The summed E-state index contributed by atoms with van der Waals surface area (Å²) in [4.78, 5) is 0. The lowest BCUT2D eigenvalue weighted by Crippen LogP contribution is -2.29. The monoisotopic (exact) mass is 163 g/mol. The first-order valence-corrected chi connectivity index (χ1v) is 4.14. The standard InChI is InChI=1S/C8H17N.ClH/c1-2-4-8-5-3-6-9-7-8;/h8-9H,2-7H2,1H3;1H/t8-;/m1./s1. The maximum absolute atomic E-state index is 3.42. The zero-order chi connectivity index (χ0) is 6.53. The average Bonchev–Trinajstić information content (AvgIpc) is 1.91. The summed E-state index contributed by atoms with van der Waals surface area (Å²) in [5.41, 5.74) is 0. The molecule has 1 N–H and O–H groups in total. The van der Waals surface area contributed by atoms with Crippen molar-refractivity contribution in [2.75, 3.05) is 13.1 Å². The van der Waals surface area contributed by atoms with Crippen LogP contribution in [-0.4, -0.2) is 13.1 Å². The molecule has 2 heteroatoms. The van der Waals surface area contributed by atoms with E-state index in [1.165, 1.54) is 38.8 Å². The van der Waals surface area contributed by atoms with Crippen LogP contribution in [0.1, 0.15) is 32.6 Å². The zero-order valence-corrected chi connectivity index (χ0v) is 7.54. The van der Waals surface area contributed by atoms with Gasteiger partial charge in [-0.25, -0.2) is 0 Å². The number of piperidine rings is 1. The molecule has 0 aromatic rings. The molecule has 0 saturated carbocycles. The Bertz CT molecular complexity index is 66.9. The van der Waals surface area contributed by atoms with Gasteiger partial charge >= 0.3 is 0 Å². The smallest absolute Gasteiger partial charge is 0.00205 e. The van der Waals surface area contributed by atoms with Crippen molar-refractivity contribution in [2.24, 2.45) is 5.92 Å². The molecular formula is C8H18ClN. The number of halogens is 1. The first kappa shape index (κ1) is 10.2. The summed E-state index contributed by atoms with van der Waals surface area (Å²) in [6.07, 6.45) is 5.63. The molecule has 0 aromatic carbocycles. The van der Waals surface area contributed by atoms with E-state index >= 15 is 0 Å². The summed E-state index contributed by atoms with van der Waals surface area (Å²) >= 11 is 0. The molecule has 0 spiro atoms. The molecule has 0 unspecified atom stereocenters. The normalized spacial score (nSPS) is 25.5. The maximum Gasteiger partial charge on any atom is -0.00205 e. The summed E-state index contributed by atoms with van der Waals surface area (Å²) in [6.45, 7) is 4.79. The van der Waals surface area contributed by atoms with Gasteiger partial charge in [-0.05, 0) is 38.3 Å². The highest BCUT2D eigenvalue weighted by Crippen LogP contribution is 2.14. The number of rotatable bonds is 2. The third-order valence-corrected chi connectivity index (χ3v) is 2.10. The lowest BCUT2D eigenvalue weighted by atomic mass is 9.95. The van der Waals surface area contributed by atoms with E-state index in [1.54, 1.807) is 0 Å². The highest BCUT2D eigenvalue weighted by molar-refractivity contribution is 5.85. The molecule has 1 atom stereocenters. The van der Waals surface area contributed by atoms with Crippen LogP contribution in [0.4, 0.5) is 0 Å². The Hall–Kier alpha value is 0.250. The first-order chi connectivity index (χ1) is 4.43. The molecule has 0 radical (unpaired) electrons. The molecule has 1 rings (SSSR count). The molecule has 0 amide bonds. The maximum atomic E-state index is 3.42. The van der Waals surface area contributed by atoms with Crippen LogP contribution in [0.2, 0.25) is 0 Å². The Kier molecular flexibility index (Phi) is 6.14. The molecule has 1 nitrogen and oxygen atoms in total. The van der Waals surface area contributed by atoms with Crippen LogP contribution in [0.3, 0.4) is 0 Å². The Morgan fingerprint density at radius 1 is 1.50 bits per heavy atom. The van der Waals surface area contributed by atoms with Gasteiger partial charge in [0.15, 0.2) is 0 Å². The van der Waals surface area contributed by atoms with Gasteiger partial charge in [0.1, 0.15) is 0 Å². The van der Waals surface area contributed by atoms with E-state index in [9.17, 15) is 0 Å². The summed E-state index contributed by atoms with van der Waals surface area (Å²) < 4.78 is 0. The quantitative estimate of drug-likeness (QED) is 0.659. The minimum Gasteiger partial charge on any atom is -0.316 e. The molecule has 1 saturated heterocycles. The van der Waals surface area contributed by atoms with Gasteiger partial charge in [-0.2, -0.15) is 0 Å². The first-order valence-electron chi connectivity index (χ1n) is 4.14. The molecule has 10 heavy (non-hydrogen) atoms. The van der Waals surface area contributed by atoms with Crippen molar-refractivity contribution in [3.05, 3.63) is 0 Å². The number of hydrogen-bond acceptors (Lipinski definition) is 1. The lowest BCUT2D eigenvalue weighted by Gasteiger charge is -2.21. The van der Waals surface area contributed by atoms with Crippen LogP contribution in [0.5, 0.6) is 0 Å². The molecule has 62 valence electrons. The topological polar surface area (TPSA) is 12.0 Å². The van der Waals surface area contributed by atoms with E-state index in [-0.39, 0.29) is 12.4 Å². The van der Waals surface area contributed by atoms with Crippen molar-refractivity contribution in [1.29, 1.82) is 0 Å². The van der Waals surface area contributed by atoms with Crippen LogP contribution in [-0.2, 0) is 0 Å². The molecule has 0 bridgehead atoms. The van der Waals surface area contributed by atoms with Gasteiger partial charge in [-0.3, -0.25) is 0 Å². The Balaban J connectivity index is 0.000000810. The molecule has 1 fully saturated rings. The molecule has 0 aliphatic carbocycles. The van der Waals surface area contributed by atoms with Gasteiger partial charge in [0.2, 0.25) is 0 Å². The highest BCUT2D eigenvalue weighted by Gasteiger charge is 2.10. The Morgan fingerprint density at radius 3 is 2.80 bits per heavy atom.